The second-order valence-electron chi connectivity index (χ2n) is 7.26. The summed E-state index contributed by atoms with van der Waals surface area (Å²) in [5.41, 5.74) is 2.16. The first-order valence-electron chi connectivity index (χ1n) is 9.43. The molecule has 0 spiro atoms. The predicted molar refractivity (Wildman–Crippen MR) is 103 cm³/mol. The van der Waals surface area contributed by atoms with Crippen LogP contribution in [0.4, 0.5) is 0 Å². The summed E-state index contributed by atoms with van der Waals surface area (Å²) in [6.07, 6.45) is 4.36. The highest BCUT2D eigenvalue weighted by Gasteiger charge is 2.52. The molecule has 0 aromatic heterocycles. The Bertz CT molecular complexity index is 700. The lowest BCUT2D eigenvalue weighted by molar-refractivity contribution is 0.157. The fourth-order valence-electron chi connectivity index (χ4n) is 4.27. The standard InChI is InChI=1S/C23H28N2/c1-3-22(25(2)17-16-19-10-6-4-7-11-19)23(18-24,21-14-15-21)20-12-8-5-9-13-20/h4-13,21-22H,3,14-17H2,1-2H3. The van der Waals surface area contributed by atoms with Gasteiger partial charge in [0.1, 0.15) is 5.41 Å². The molecule has 1 saturated carbocycles. The molecule has 0 amide bonds. The first-order chi connectivity index (χ1) is 12.2. The van der Waals surface area contributed by atoms with Crippen molar-refractivity contribution in [2.45, 2.75) is 44.1 Å². The highest BCUT2D eigenvalue weighted by atomic mass is 15.1. The molecule has 2 aromatic carbocycles. The third-order valence-corrected chi connectivity index (χ3v) is 5.70. The molecule has 0 heterocycles. The molecule has 0 aliphatic heterocycles. The Kier molecular flexibility index (Phi) is 5.56. The van der Waals surface area contributed by atoms with Crippen LogP contribution in [0.3, 0.4) is 0 Å². The predicted octanol–water partition coefficient (Wildman–Crippen LogP) is 4.81. The first kappa shape index (κ1) is 17.7. The zero-order chi connectivity index (χ0) is 17.7. The molecular weight excluding hydrogens is 304 g/mol. The molecule has 2 unspecified atom stereocenters. The van der Waals surface area contributed by atoms with E-state index in [1.807, 2.05) is 6.07 Å². The van der Waals surface area contributed by atoms with Crippen molar-refractivity contribution in [2.75, 3.05) is 13.6 Å². The van der Waals surface area contributed by atoms with Crippen LogP contribution < -0.4 is 0 Å². The van der Waals surface area contributed by atoms with Gasteiger partial charge in [0.2, 0.25) is 0 Å². The zero-order valence-electron chi connectivity index (χ0n) is 15.4. The molecule has 1 aliphatic rings. The minimum Gasteiger partial charge on any atom is -0.301 e. The van der Waals surface area contributed by atoms with Crippen molar-refractivity contribution in [1.82, 2.24) is 4.90 Å². The zero-order valence-corrected chi connectivity index (χ0v) is 15.4. The van der Waals surface area contributed by atoms with Crippen molar-refractivity contribution < 1.29 is 0 Å². The molecular formula is C23H28N2. The Balaban J connectivity index is 1.84. The Morgan fingerprint density at radius 3 is 2.20 bits per heavy atom. The van der Waals surface area contributed by atoms with Gasteiger partial charge in [0.15, 0.2) is 0 Å². The lowest BCUT2D eigenvalue weighted by atomic mass is 9.70. The molecule has 0 radical (unpaired) electrons. The normalized spacial score (nSPS) is 17.7. The van der Waals surface area contributed by atoms with Crippen molar-refractivity contribution in [2.24, 2.45) is 5.92 Å². The van der Waals surface area contributed by atoms with Crippen LogP contribution in [-0.4, -0.2) is 24.5 Å². The van der Waals surface area contributed by atoms with E-state index in [1.165, 1.54) is 24.0 Å². The van der Waals surface area contributed by atoms with E-state index in [2.05, 4.69) is 79.5 Å². The molecule has 2 heteroatoms. The maximum absolute atomic E-state index is 10.3. The minimum atomic E-state index is -0.387. The summed E-state index contributed by atoms with van der Waals surface area (Å²) in [4.78, 5) is 2.42. The maximum Gasteiger partial charge on any atom is 0.100 e. The van der Waals surface area contributed by atoms with E-state index in [-0.39, 0.29) is 11.5 Å². The molecule has 1 fully saturated rings. The maximum atomic E-state index is 10.3. The van der Waals surface area contributed by atoms with Crippen molar-refractivity contribution in [3.05, 3.63) is 71.8 Å². The summed E-state index contributed by atoms with van der Waals surface area (Å²) in [6, 6.07) is 24.1. The van der Waals surface area contributed by atoms with Crippen LogP contribution in [0.15, 0.2) is 60.7 Å². The van der Waals surface area contributed by atoms with Gasteiger partial charge in [-0.05, 0) is 49.8 Å². The lowest BCUT2D eigenvalue weighted by Crippen LogP contribution is -2.50. The van der Waals surface area contributed by atoms with Gasteiger partial charge in [0.05, 0.1) is 6.07 Å². The average Bonchev–Trinajstić information content (AvgIpc) is 3.51. The second kappa shape index (κ2) is 7.85. The van der Waals surface area contributed by atoms with Gasteiger partial charge in [-0.1, -0.05) is 67.6 Å². The van der Waals surface area contributed by atoms with Gasteiger partial charge in [-0.15, -0.1) is 0 Å². The SMILES string of the molecule is CCC(N(C)CCc1ccccc1)C(C#N)(c1ccccc1)C1CC1. The molecule has 2 atom stereocenters. The third kappa shape index (κ3) is 3.62. The smallest absolute Gasteiger partial charge is 0.100 e. The van der Waals surface area contributed by atoms with Crippen LogP contribution in [0.5, 0.6) is 0 Å². The highest BCUT2D eigenvalue weighted by molar-refractivity contribution is 5.38. The van der Waals surface area contributed by atoms with Crippen molar-refractivity contribution in [3.8, 4) is 6.07 Å². The fraction of sp³-hybridized carbons (Fsp3) is 0.435. The topological polar surface area (TPSA) is 27.0 Å². The molecule has 0 saturated heterocycles. The van der Waals surface area contributed by atoms with Gasteiger partial charge in [0, 0.05) is 12.6 Å². The van der Waals surface area contributed by atoms with Gasteiger partial charge in [-0.3, -0.25) is 0 Å². The van der Waals surface area contributed by atoms with Gasteiger partial charge in [0.25, 0.3) is 0 Å². The summed E-state index contributed by atoms with van der Waals surface area (Å²) in [5.74, 6) is 0.490. The summed E-state index contributed by atoms with van der Waals surface area (Å²) >= 11 is 0. The number of nitriles is 1. The van der Waals surface area contributed by atoms with Crippen LogP contribution >= 0.6 is 0 Å². The Morgan fingerprint density at radius 2 is 1.68 bits per heavy atom. The van der Waals surface area contributed by atoms with E-state index in [4.69, 9.17) is 0 Å². The van der Waals surface area contributed by atoms with Crippen LogP contribution in [0, 0.1) is 17.2 Å². The van der Waals surface area contributed by atoms with Crippen LogP contribution in [0.25, 0.3) is 0 Å². The highest BCUT2D eigenvalue weighted by Crippen LogP contribution is 2.51. The van der Waals surface area contributed by atoms with Crippen LogP contribution in [0.1, 0.15) is 37.3 Å². The van der Waals surface area contributed by atoms with Gasteiger partial charge in [-0.25, -0.2) is 0 Å². The molecule has 25 heavy (non-hydrogen) atoms. The molecule has 2 aromatic rings. The van der Waals surface area contributed by atoms with Crippen LogP contribution in [-0.2, 0) is 11.8 Å². The fourth-order valence-corrected chi connectivity index (χ4v) is 4.27. The van der Waals surface area contributed by atoms with Gasteiger partial charge < -0.3 is 4.90 Å². The van der Waals surface area contributed by atoms with Crippen LogP contribution in [0.2, 0.25) is 0 Å². The number of hydrogen-bond acceptors (Lipinski definition) is 2. The Morgan fingerprint density at radius 1 is 1.08 bits per heavy atom. The van der Waals surface area contributed by atoms with E-state index < -0.39 is 0 Å². The summed E-state index contributed by atoms with van der Waals surface area (Å²) in [5, 5.41) is 10.3. The molecule has 0 N–H and O–H groups in total. The average molecular weight is 332 g/mol. The van der Waals surface area contributed by atoms with E-state index >= 15 is 0 Å². The summed E-state index contributed by atoms with van der Waals surface area (Å²) in [7, 11) is 2.19. The van der Waals surface area contributed by atoms with E-state index in [0.717, 1.165) is 19.4 Å². The monoisotopic (exact) mass is 332 g/mol. The molecule has 1 aliphatic carbocycles. The first-order valence-corrected chi connectivity index (χ1v) is 9.43. The van der Waals surface area contributed by atoms with E-state index in [0.29, 0.717) is 5.92 Å². The van der Waals surface area contributed by atoms with E-state index in [1.54, 1.807) is 0 Å². The molecule has 3 rings (SSSR count). The van der Waals surface area contributed by atoms with E-state index in [9.17, 15) is 5.26 Å². The van der Waals surface area contributed by atoms with Crippen molar-refractivity contribution >= 4 is 0 Å². The number of hydrogen-bond donors (Lipinski definition) is 0. The van der Waals surface area contributed by atoms with Gasteiger partial charge in [-0.2, -0.15) is 5.26 Å². The number of benzene rings is 2. The molecule has 130 valence electrons. The summed E-state index contributed by atoms with van der Waals surface area (Å²) < 4.78 is 0. The lowest BCUT2D eigenvalue weighted by Gasteiger charge is -2.41. The van der Waals surface area contributed by atoms with Crippen molar-refractivity contribution in [1.29, 1.82) is 5.26 Å². The largest absolute Gasteiger partial charge is 0.301 e. The minimum absolute atomic E-state index is 0.246. The number of rotatable bonds is 8. The number of nitrogens with zero attached hydrogens (tertiary/aromatic N) is 2. The van der Waals surface area contributed by atoms with Crippen molar-refractivity contribution in [3.63, 3.8) is 0 Å². The van der Waals surface area contributed by atoms with Gasteiger partial charge >= 0.3 is 0 Å². The Labute approximate surface area is 152 Å². The molecule has 2 nitrogen and oxygen atoms in total. The quantitative estimate of drug-likeness (QED) is 0.693. The Hall–Kier alpha value is -2.11. The molecule has 0 bridgehead atoms. The number of likely N-dealkylation sites (N-methyl/N-ethyl adjacent to an activating group) is 1. The second-order valence-corrected chi connectivity index (χ2v) is 7.26. The summed E-state index contributed by atoms with van der Waals surface area (Å²) in [6.45, 7) is 3.20. The third-order valence-electron chi connectivity index (χ3n) is 5.70.